The predicted molar refractivity (Wildman–Crippen MR) is 186 cm³/mol. The Bertz CT molecular complexity index is 1640. The second-order valence-corrected chi connectivity index (χ2v) is 13.0. The normalized spacial score (nSPS) is 18.0. The Hall–Kier alpha value is -4.41. The summed E-state index contributed by atoms with van der Waals surface area (Å²) in [7, 11) is 0. The van der Waals surface area contributed by atoms with Gasteiger partial charge in [-0.05, 0) is 106 Å². The third-order valence-electron chi connectivity index (χ3n) is 8.97. The van der Waals surface area contributed by atoms with Crippen molar-refractivity contribution in [1.82, 2.24) is 30.7 Å². The van der Waals surface area contributed by atoms with Crippen molar-refractivity contribution in [2.45, 2.75) is 65.3 Å². The maximum atomic E-state index is 13.5. The first kappa shape index (κ1) is 34.9. The average molecular weight is 655 g/mol. The maximum absolute atomic E-state index is 13.5. The third-order valence-corrected chi connectivity index (χ3v) is 8.97. The van der Waals surface area contributed by atoms with Gasteiger partial charge in [-0.3, -0.25) is 14.7 Å². The molecule has 48 heavy (non-hydrogen) atoms. The van der Waals surface area contributed by atoms with Crippen LogP contribution in [0.4, 0.5) is 4.39 Å². The molecule has 3 N–H and O–H groups in total. The van der Waals surface area contributed by atoms with Crippen LogP contribution in [-0.2, 0) is 6.42 Å². The van der Waals surface area contributed by atoms with Crippen LogP contribution in [0.15, 0.2) is 66.9 Å². The number of ether oxygens (including phenoxy) is 1. The van der Waals surface area contributed by atoms with Crippen molar-refractivity contribution in [3.8, 4) is 22.8 Å². The van der Waals surface area contributed by atoms with Crippen molar-refractivity contribution in [2.75, 3.05) is 32.7 Å². The molecular weight excluding hydrogens is 607 g/mol. The number of rotatable bonds is 10. The molecule has 0 radical (unpaired) electrons. The maximum Gasteiger partial charge on any atom is 0.271 e. The van der Waals surface area contributed by atoms with Gasteiger partial charge in [0.2, 0.25) is 5.88 Å². The first-order valence-corrected chi connectivity index (χ1v) is 17.0. The molecule has 3 heterocycles. The number of H-pyrrole nitrogens is 1. The Labute approximate surface area is 282 Å². The van der Waals surface area contributed by atoms with Crippen molar-refractivity contribution in [1.29, 1.82) is 0 Å². The molecule has 0 spiro atoms. The number of Topliss-reactive ketones (excluding diaryl/α,β-unsaturated/α-hetero) is 1. The van der Waals surface area contributed by atoms with Gasteiger partial charge in [0.1, 0.15) is 17.3 Å². The second kappa shape index (κ2) is 17.1. The Morgan fingerprint density at radius 2 is 1.75 bits per heavy atom. The molecule has 2 aromatic heterocycles. The fraction of sp³-hybridized carbons (Fsp3) is 0.421. The topological polar surface area (TPSA) is 112 Å². The molecule has 0 atom stereocenters. The first-order chi connectivity index (χ1) is 23.2. The summed E-state index contributed by atoms with van der Waals surface area (Å²) in [4.78, 5) is 30.1. The van der Waals surface area contributed by atoms with Gasteiger partial charge in [-0.1, -0.05) is 43.3 Å². The van der Waals surface area contributed by atoms with Gasteiger partial charge in [-0.15, -0.1) is 0 Å². The largest absolute Gasteiger partial charge is 0.438 e. The van der Waals surface area contributed by atoms with E-state index in [1.807, 2.05) is 25.1 Å². The average Bonchev–Trinajstić information content (AvgIpc) is 3.54. The van der Waals surface area contributed by atoms with E-state index in [2.05, 4.69) is 61.9 Å². The number of aromatic amines is 1. The monoisotopic (exact) mass is 654 g/mol. The molecule has 9 nitrogen and oxygen atoms in total. The molecule has 2 aliphatic rings. The van der Waals surface area contributed by atoms with E-state index < -0.39 is 5.82 Å². The summed E-state index contributed by atoms with van der Waals surface area (Å²) in [5, 5.41) is 13.2. The fourth-order valence-corrected chi connectivity index (χ4v) is 6.11. The van der Waals surface area contributed by atoms with Crippen molar-refractivity contribution in [3.63, 3.8) is 0 Å². The highest BCUT2D eigenvalue weighted by Gasteiger charge is 2.21. The van der Waals surface area contributed by atoms with Crippen LogP contribution in [0, 0.1) is 18.7 Å². The minimum Gasteiger partial charge on any atom is -0.438 e. The summed E-state index contributed by atoms with van der Waals surface area (Å²) < 4.78 is 19.3. The van der Waals surface area contributed by atoms with Gasteiger partial charge in [-0.25, -0.2) is 9.37 Å². The van der Waals surface area contributed by atoms with E-state index in [-0.39, 0.29) is 23.1 Å². The van der Waals surface area contributed by atoms with E-state index >= 15 is 0 Å². The van der Waals surface area contributed by atoms with Gasteiger partial charge < -0.3 is 20.3 Å². The lowest BCUT2D eigenvalue weighted by molar-refractivity contribution is 0.0917. The smallest absolute Gasteiger partial charge is 0.271 e. The molecule has 254 valence electrons. The molecule has 10 heteroatoms. The van der Waals surface area contributed by atoms with Crippen LogP contribution in [0.25, 0.3) is 11.1 Å². The molecule has 1 amide bonds. The summed E-state index contributed by atoms with van der Waals surface area (Å²) in [5.41, 5.74) is 4.96. The summed E-state index contributed by atoms with van der Waals surface area (Å²) in [6, 6.07) is 19.5. The zero-order valence-electron chi connectivity index (χ0n) is 28.2. The molecule has 1 aliphatic heterocycles. The molecule has 4 aromatic rings. The van der Waals surface area contributed by atoms with Gasteiger partial charge in [-0.2, -0.15) is 5.10 Å². The van der Waals surface area contributed by atoms with Crippen molar-refractivity contribution in [3.05, 3.63) is 95.2 Å². The van der Waals surface area contributed by atoms with Gasteiger partial charge in [0.05, 0.1) is 11.8 Å². The van der Waals surface area contributed by atoms with Crippen molar-refractivity contribution >= 4 is 11.7 Å². The number of pyridine rings is 1. The molecule has 6 rings (SSSR count). The van der Waals surface area contributed by atoms with Crippen LogP contribution >= 0.6 is 0 Å². The molecule has 2 aromatic carbocycles. The van der Waals surface area contributed by atoms with E-state index in [0.717, 1.165) is 93.4 Å². The SMILES string of the molecule is CC(=O)c1cc(F)cnc1Oc1cccc(-c2ccc(CCCN3CCNCC3)cc2)c1.Cc1cc(C(=O)NC2CCC(C)CC2)n[nH]1. The highest BCUT2D eigenvalue weighted by atomic mass is 19.1. The number of halogens is 1. The number of nitrogens with zero attached hydrogens (tertiary/aromatic N) is 3. The Morgan fingerprint density at radius 1 is 1.00 bits per heavy atom. The summed E-state index contributed by atoms with van der Waals surface area (Å²) in [6.07, 6.45) is 7.89. The molecule has 0 unspecified atom stereocenters. The van der Waals surface area contributed by atoms with Crippen LogP contribution in [0.1, 0.15) is 78.1 Å². The van der Waals surface area contributed by atoms with Gasteiger partial charge in [0.15, 0.2) is 5.78 Å². The second-order valence-electron chi connectivity index (χ2n) is 13.0. The Balaban J connectivity index is 0.000000236. The number of aryl methyl sites for hydroxylation is 2. The number of amides is 1. The zero-order chi connectivity index (χ0) is 33.9. The van der Waals surface area contributed by atoms with Gasteiger partial charge in [0, 0.05) is 37.9 Å². The molecular formula is C38H47FN6O3. The predicted octanol–water partition coefficient (Wildman–Crippen LogP) is 6.75. The zero-order valence-corrected chi connectivity index (χ0v) is 28.2. The highest BCUT2D eigenvalue weighted by Crippen LogP contribution is 2.29. The third kappa shape index (κ3) is 10.3. The lowest BCUT2D eigenvalue weighted by Gasteiger charge is -2.27. The lowest BCUT2D eigenvalue weighted by atomic mass is 9.87. The number of hydrogen-bond acceptors (Lipinski definition) is 7. The molecule has 2 fully saturated rings. The van der Waals surface area contributed by atoms with Gasteiger partial charge >= 0.3 is 0 Å². The van der Waals surface area contributed by atoms with Gasteiger partial charge in [0.25, 0.3) is 5.91 Å². The minimum absolute atomic E-state index is 0.0519. The molecule has 1 aliphatic carbocycles. The fourth-order valence-electron chi connectivity index (χ4n) is 6.11. The molecule has 0 bridgehead atoms. The van der Waals surface area contributed by atoms with Crippen LogP contribution in [0.2, 0.25) is 0 Å². The van der Waals surface area contributed by atoms with E-state index in [4.69, 9.17) is 4.74 Å². The Morgan fingerprint density at radius 3 is 2.44 bits per heavy atom. The van der Waals surface area contributed by atoms with Crippen molar-refractivity contribution < 1.29 is 18.7 Å². The van der Waals surface area contributed by atoms with E-state index in [1.165, 1.54) is 25.3 Å². The number of ketones is 1. The Kier molecular flexibility index (Phi) is 12.5. The number of piperazine rings is 1. The van der Waals surface area contributed by atoms with E-state index in [0.29, 0.717) is 17.5 Å². The minimum atomic E-state index is -0.565. The van der Waals surface area contributed by atoms with E-state index in [1.54, 1.807) is 12.1 Å². The van der Waals surface area contributed by atoms with Crippen molar-refractivity contribution in [2.24, 2.45) is 5.92 Å². The van der Waals surface area contributed by atoms with Crippen LogP contribution < -0.4 is 15.4 Å². The number of nitrogens with one attached hydrogen (secondary N) is 3. The lowest BCUT2D eigenvalue weighted by Crippen LogP contribution is -2.43. The summed E-state index contributed by atoms with van der Waals surface area (Å²) in [6.45, 7) is 11.1. The molecule has 1 saturated carbocycles. The van der Waals surface area contributed by atoms with E-state index in [9.17, 15) is 14.0 Å². The highest BCUT2D eigenvalue weighted by molar-refractivity contribution is 5.96. The summed E-state index contributed by atoms with van der Waals surface area (Å²) >= 11 is 0. The number of hydrogen-bond donors (Lipinski definition) is 3. The number of carbonyl (C=O) groups is 2. The number of aromatic nitrogens is 3. The summed E-state index contributed by atoms with van der Waals surface area (Å²) in [5.74, 6) is 0.546. The van der Waals surface area contributed by atoms with Crippen LogP contribution in [0.3, 0.4) is 0 Å². The van der Waals surface area contributed by atoms with Crippen LogP contribution in [-0.4, -0.2) is 70.5 Å². The molecule has 1 saturated heterocycles. The standard InChI is InChI=1S/C26H28FN3O2.C12H19N3O/c1-19(31)25-17-23(27)18-29-26(25)32-24-6-2-5-22(16-24)21-9-7-20(8-10-21)4-3-13-30-14-11-28-12-15-30;1-8-3-5-10(6-4-8)13-12(16)11-7-9(2)14-15-11/h2,5-10,16-18,28H,3-4,11-15H2,1H3;7-8,10H,3-6H2,1-2H3,(H,13,16)(H,14,15). The first-order valence-electron chi connectivity index (χ1n) is 17.0. The number of benzene rings is 2. The number of carbonyl (C=O) groups excluding carboxylic acids is 2. The quantitative estimate of drug-likeness (QED) is 0.162. The van der Waals surface area contributed by atoms with Crippen LogP contribution in [0.5, 0.6) is 11.6 Å².